The molecule has 0 aliphatic rings. The molecule has 1 amide bonds. The molecule has 0 fully saturated rings. The van der Waals surface area contributed by atoms with Gasteiger partial charge in [-0.2, -0.15) is 0 Å². The van der Waals surface area contributed by atoms with Crippen LogP contribution in [0.1, 0.15) is 20.8 Å². The molecule has 0 spiro atoms. The fourth-order valence-corrected chi connectivity index (χ4v) is 1.99. The van der Waals surface area contributed by atoms with Gasteiger partial charge in [0.2, 0.25) is 0 Å². The number of amides is 1. The van der Waals surface area contributed by atoms with Crippen molar-refractivity contribution in [1.29, 1.82) is 0 Å². The lowest BCUT2D eigenvalue weighted by Crippen LogP contribution is -2.16. The SMILES string of the molecule is O=C(Nc1cccnc1C(=O)O)c1cccc(F)c1Br. The van der Waals surface area contributed by atoms with Gasteiger partial charge in [0.15, 0.2) is 5.69 Å². The van der Waals surface area contributed by atoms with E-state index in [1.807, 2.05) is 0 Å². The lowest BCUT2D eigenvalue weighted by Gasteiger charge is -2.09. The van der Waals surface area contributed by atoms with E-state index in [0.29, 0.717) is 0 Å². The molecule has 2 rings (SSSR count). The van der Waals surface area contributed by atoms with E-state index >= 15 is 0 Å². The fourth-order valence-electron chi connectivity index (χ4n) is 1.55. The number of pyridine rings is 1. The van der Waals surface area contributed by atoms with E-state index in [1.54, 1.807) is 0 Å². The molecule has 20 heavy (non-hydrogen) atoms. The molecule has 0 radical (unpaired) electrons. The molecule has 1 aromatic carbocycles. The van der Waals surface area contributed by atoms with Gasteiger partial charge in [-0.25, -0.2) is 14.2 Å². The Morgan fingerprint density at radius 2 is 2.00 bits per heavy atom. The number of benzene rings is 1. The van der Waals surface area contributed by atoms with Crippen molar-refractivity contribution in [3.8, 4) is 0 Å². The molecule has 7 heteroatoms. The number of carbonyl (C=O) groups excluding carboxylic acids is 1. The van der Waals surface area contributed by atoms with Crippen LogP contribution in [0.4, 0.5) is 10.1 Å². The molecule has 0 bridgehead atoms. The number of carboxylic acids is 1. The van der Waals surface area contributed by atoms with Crippen molar-refractivity contribution >= 4 is 33.5 Å². The van der Waals surface area contributed by atoms with Gasteiger partial charge >= 0.3 is 5.97 Å². The number of hydrogen-bond donors (Lipinski definition) is 2. The lowest BCUT2D eigenvalue weighted by atomic mass is 10.2. The lowest BCUT2D eigenvalue weighted by molar-refractivity contribution is 0.0691. The first kappa shape index (κ1) is 14.1. The second-order valence-corrected chi connectivity index (χ2v) is 4.55. The number of nitrogens with one attached hydrogen (secondary N) is 1. The minimum atomic E-state index is -1.26. The summed E-state index contributed by atoms with van der Waals surface area (Å²) in [7, 11) is 0. The largest absolute Gasteiger partial charge is 0.476 e. The van der Waals surface area contributed by atoms with Crippen LogP contribution >= 0.6 is 15.9 Å². The van der Waals surface area contributed by atoms with E-state index in [4.69, 9.17) is 5.11 Å². The highest BCUT2D eigenvalue weighted by Crippen LogP contribution is 2.22. The van der Waals surface area contributed by atoms with Crippen molar-refractivity contribution in [1.82, 2.24) is 4.98 Å². The number of carbonyl (C=O) groups is 2. The molecule has 5 nitrogen and oxygen atoms in total. The molecule has 1 aromatic heterocycles. The topological polar surface area (TPSA) is 79.3 Å². The van der Waals surface area contributed by atoms with Crippen molar-refractivity contribution in [2.45, 2.75) is 0 Å². The average Bonchev–Trinajstić information content (AvgIpc) is 2.42. The second-order valence-electron chi connectivity index (χ2n) is 3.76. The summed E-state index contributed by atoms with van der Waals surface area (Å²) in [4.78, 5) is 26.7. The molecule has 0 unspecified atom stereocenters. The second kappa shape index (κ2) is 5.79. The molecule has 0 saturated heterocycles. The molecule has 0 atom stereocenters. The van der Waals surface area contributed by atoms with E-state index in [2.05, 4.69) is 26.2 Å². The Morgan fingerprint density at radius 1 is 1.25 bits per heavy atom. The summed E-state index contributed by atoms with van der Waals surface area (Å²) in [5, 5.41) is 11.4. The first-order valence-electron chi connectivity index (χ1n) is 5.44. The van der Waals surface area contributed by atoms with Gasteiger partial charge in [0.05, 0.1) is 15.7 Å². The minimum absolute atomic E-state index is 0.0123. The van der Waals surface area contributed by atoms with Crippen LogP contribution in [-0.2, 0) is 0 Å². The van der Waals surface area contributed by atoms with Crippen molar-refractivity contribution in [3.63, 3.8) is 0 Å². The molecule has 102 valence electrons. The standard InChI is InChI=1S/C13H8BrFN2O3/c14-10-7(3-1-4-8(10)15)12(18)17-9-5-2-6-16-11(9)13(19)20/h1-6H,(H,17,18)(H,19,20). The van der Waals surface area contributed by atoms with Crippen molar-refractivity contribution < 1.29 is 19.1 Å². The van der Waals surface area contributed by atoms with Gasteiger partial charge in [-0.3, -0.25) is 4.79 Å². The van der Waals surface area contributed by atoms with Crippen LogP contribution in [0.25, 0.3) is 0 Å². The van der Waals surface area contributed by atoms with Crippen LogP contribution < -0.4 is 5.32 Å². The highest BCUT2D eigenvalue weighted by Gasteiger charge is 2.17. The van der Waals surface area contributed by atoms with Gasteiger partial charge in [0, 0.05) is 6.20 Å². The quantitative estimate of drug-likeness (QED) is 0.901. The Balaban J connectivity index is 2.33. The number of aromatic nitrogens is 1. The molecule has 0 saturated carbocycles. The Hall–Kier alpha value is -2.28. The number of halogens is 2. The number of hydrogen-bond acceptors (Lipinski definition) is 3. The Bertz CT molecular complexity index is 691. The summed E-state index contributed by atoms with van der Waals surface area (Å²) in [5.74, 6) is -2.48. The highest BCUT2D eigenvalue weighted by molar-refractivity contribution is 9.10. The molecule has 2 N–H and O–H groups in total. The summed E-state index contributed by atoms with van der Waals surface area (Å²) in [6, 6.07) is 6.90. The van der Waals surface area contributed by atoms with Crippen LogP contribution in [0.5, 0.6) is 0 Å². The van der Waals surface area contributed by atoms with E-state index in [0.717, 1.165) is 0 Å². The van der Waals surface area contributed by atoms with Crippen molar-refractivity contribution in [2.24, 2.45) is 0 Å². The third-order valence-corrected chi connectivity index (χ3v) is 3.26. The smallest absolute Gasteiger partial charge is 0.356 e. The van der Waals surface area contributed by atoms with Crippen LogP contribution in [0.2, 0.25) is 0 Å². The third-order valence-electron chi connectivity index (χ3n) is 2.45. The predicted molar refractivity (Wildman–Crippen MR) is 73.2 cm³/mol. The monoisotopic (exact) mass is 338 g/mol. The van der Waals surface area contributed by atoms with E-state index in [9.17, 15) is 14.0 Å². The first-order valence-corrected chi connectivity index (χ1v) is 6.23. The summed E-state index contributed by atoms with van der Waals surface area (Å²) < 4.78 is 13.4. The fraction of sp³-hybridized carbons (Fsp3) is 0. The molecule has 0 aliphatic carbocycles. The Labute approximate surface area is 121 Å². The third kappa shape index (κ3) is 2.83. The van der Waals surface area contributed by atoms with Gasteiger partial charge in [-0.1, -0.05) is 6.07 Å². The van der Waals surface area contributed by atoms with Crippen molar-refractivity contribution in [2.75, 3.05) is 5.32 Å². The zero-order valence-corrected chi connectivity index (χ0v) is 11.5. The Morgan fingerprint density at radius 3 is 2.70 bits per heavy atom. The number of rotatable bonds is 3. The van der Waals surface area contributed by atoms with Gasteiger partial charge < -0.3 is 10.4 Å². The molecular weight excluding hydrogens is 331 g/mol. The van der Waals surface area contributed by atoms with E-state index in [1.165, 1.54) is 36.5 Å². The first-order chi connectivity index (χ1) is 9.50. The Kier molecular flexibility index (Phi) is 4.09. The summed E-state index contributed by atoms with van der Waals surface area (Å²) in [6.07, 6.45) is 1.30. The zero-order chi connectivity index (χ0) is 14.7. The van der Waals surface area contributed by atoms with Crippen LogP contribution in [0.15, 0.2) is 41.0 Å². The number of carboxylic acid groups (broad SMARTS) is 1. The van der Waals surface area contributed by atoms with Gasteiger partial charge in [-0.15, -0.1) is 0 Å². The number of anilines is 1. The van der Waals surface area contributed by atoms with Crippen LogP contribution in [-0.4, -0.2) is 22.0 Å². The number of aromatic carboxylic acids is 1. The van der Waals surface area contributed by atoms with Gasteiger partial charge in [0.25, 0.3) is 5.91 Å². The van der Waals surface area contributed by atoms with E-state index < -0.39 is 17.7 Å². The molecule has 2 aromatic rings. The summed E-state index contributed by atoms with van der Waals surface area (Å²) >= 11 is 2.97. The predicted octanol–water partition coefficient (Wildman–Crippen LogP) is 2.93. The zero-order valence-electron chi connectivity index (χ0n) is 9.93. The summed E-state index contributed by atoms with van der Waals surface area (Å²) in [6.45, 7) is 0. The number of nitrogens with zero attached hydrogens (tertiary/aromatic N) is 1. The normalized spacial score (nSPS) is 10.1. The minimum Gasteiger partial charge on any atom is -0.476 e. The molecule has 0 aliphatic heterocycles. The maximum Gasteiger partial charge on any atom is 0.356 e. The van der Waals surface area contributed by atoms with Crippen LogP contribution in [0, 0.1) is 5.82 Å². The summed E-state index contributed by atoms with van der Waals surface area (Å²) in [5.41, 5.74) is -0.181. The highest BCUT2D eigenvalue weighted by atomic mass is 79.9. The molecule has 1 heterocycles. The maximum atomic E-state index is 13.4. The van der Waals surface area contributed by atoms with Gasteiger partial charge in [0.1, 0.15) is 5.82 Å². The maximum absolute atomic E-state index is 13.4. The molecular formula is C13H8BrFN2O3. The van der Waals surface area contributed by atoms with Crippen molar-refractivity contribution in [3.05, 3.63) is 58.1 Å². The van der Waals surface area contributed by atoms with Gasteiger partial charge in [-0.05, 0) is 40.2 Å². The average molecular weight is 339 g/mol. The van der Waals surface area contributed by atoms with E-state index in [-0.39, 0.29) is 21.4 Å². The van der Waals surface area contributed by atoms with Crippen LogP contribution in [0.3, 0.4) is 0 Å².